The average molecular weight is 432 g/mol. The van der Waals surface area contributed by atoms with Crippen LogP contribution in [0.2, 0.25) is 0 Å². The predicted molar refractivity (Wildman–Crippen MR) is 107 cm³/mol. The van der Waals surface area contributed by atoms with E-state index in [2.05, 4.69) is 24.6 Å². The first kappa shape index (κ1) is 20.2. The molecule has 10 heteroatoms. The van der Waals surface area contributed by atoms with Crippen LogP contribution in [0.4, 0.5) is 13.2 Å². The lowest BCUT2D eigenvalue weighted by Gasteiger charge is -2.27. The standard InChI is InChI=1S/C21H23F3N6O/c22-21(23,24)13-30-19(25-15-7-2-1-6-14(15)20(30)31)16-8-5-10-28(16)12-18-27-26-17-9-3-4-11-29(17)18/h1-2,6-7,16H,3-5,8-13H2. The molecule has 4 heterocycles. The summed E-state index contributed by atoms with van der Waals surface area (Å²) in [5.41, 5.74) is -0.225. The number of likely N-dealkylation sites (tertiary alicyclic amines) is 1. The van der Waals surface area contributed by atoms with E-state index in [1.165, 1.54) is 6.07 Å². The highest BCUT2D eigenvalue weighted by Gasteiger charge is 2.36. The fourth-order valence-electron chi connectivity index (χ4n) is 4.75. The number of hydrogen-bond acceptors (Lipinski definition) is 5. The van der Waals surface area contributed by atoms with E-state index in [-0.39, 0.29) is 17.3 Å². The molecule has 0 bridgehead atoms. The molecular formula is C21H23F3N6O. The monoisotopic (exact) mass is 432 g/mol. The predicted octanol–water partition coefficient (Wildman–Crippen LogP) is 3.22. The molecule has 7 nitrogen and oxygen atoms in total. The molecule has 1 aromatic carbocycles. The Balaban J connectivity index is 1.55. The van der Waals surface area contributed by atoms with Gasteiger partial charge in [-0.3, -0.25) is 14.3 Å². The van der Waals surface area contributed by atoms with Crippen LogP contribution in [0.1, 0.15) is 49.2 Å². The van der Waals surface area contributed by atoms with Crippen LogP contribution in [0, 0.1) is 0 Å². The van der Waals surface area contributed by atoms with Crippen LogP contribution < -0.4 is 5.56 Å². The van der Waals surface area contributed by atoms with E-state index in [0.717, 1.165) is 48.4 Å². The molecule has 0 saturated carbocycles. The minimum atomic E-state index is -4.52. The van der Waals surface area contributed by atoms with Crippen molar-refractivity contribution in [2.45, 2.75) is 64.0 Å². The Labute approximate surface area is 176 Å². The summed E-state index contributed by atoms with van der Waals surface area (Å²) in [6.07, 6.45) is 0.00401. The summed E-state index contributed by atoms with van der Waals surface area (Å²) in [5, 5.41) is 8.83. The number of para-hydroxylation sites is 1. The minimum absolute atomic E-state index is 0.178. The van der Waals surface area contributed by atoms with Crippen LogP contribution in [0.3, 0.4) is 0 Å². The smallest absolute Gasteiger partial charge is 0.314 e. The molecule has 31 heavy (non-hydrogen) atoms. The molecule has 2 aliphatic heterocycles. The van der Waals surface area contributed by atoms with Gasteiger partial charge in [0.2, 0.25) is 0 Å². The van der Waals surface area contributed by atoms with E-state index in [4.69, 9.17) is 0 Å². The first-order valence-electron chi connectivity index (χ1n) is 10.6. The van der Waals surface area contributed by atoms with Gasteiger partial charge >= 0.3 is 6.18 Å². The quantitative estimate of drug-likeness (QED) is 0.633. The van der Waals surface area contributed by atoms with Gasteiger partial charge in [-0.25, -0.2) is 4.98 Å². The molecule has 164 valence electrons. The fraction of sp³-hybridized carbons (Fsp3) is 0.524. The van der Waals surface area contributed by atoms with Crippen molar-refractivity contribution in [3.05, 3.63) is 52.1 Å². The highest BCUT2D eigenvalue weighted by molar-refractivity contribution is 5.77. The Hall–Kier alpha value is -2.75. The zero-order valence-electron chi connectivity index (χ0n) is 17.0. The summed E-state index contributed by atoms with van der Waals surface area (Å²) in [7, 11) is 0. The normalized spacial score (nSPS) is 19.8. The zero-order chi connectivity index (χ0) is 21.6. The number of benzene rings is 1. The topological polar surface area (TPSA) is 68.8 Å². The molecule has 5 rings (SSSR count). The van der Waals surface area contributed by atoms with E-state index in [9.17, 15) is 18.0 Å². The van der Waals surface area contributed by atoms with Gasteiger partial charge in [-0.2, -0.15) is 13.2 Å². The molecule has 3 aromatic rings. The van der Waals surface area contributed by atoms with Crippen molar-refractivity contribution in [2.75, 3.05) is 6.54 Å². The Morgan fingerprint density at radius 1 is 1.06 bits per heavy atom. The van der Waals surface area contributed by atoms with Gasteiger partial charge < -0.3 is 4.57 Å². The third kappa shape index (κ3) is 3.84. The van der Waals surface area contributed by atoms with E-state index in [0.29, 0.717) is 25.0 Å². The Morgan fingerprint density at radius 2 is 1.90 bits per heavy atom. The molecule has 0 radical (unpaired) electrons. The average Bonchev–Trinajstić information content (AvgIpc) is 3.37. The molecule has 0 N–H and O–H groups in total. The third-order valence-electron chi connectivity index (χ3n) is 6.17. The number of halogens is 3. The summed E-state index contributed by atoms with van der Waals surface area (Å²) in [5.74, 6) is 1.97. The lowest BCUT2D eigenvalue weighted by atomic mass is 10.1. The SMILES string of the molecule is O=c1c2ccccc2nc(C2CCCN2Cc2nnc3n2CCCC3)n1CC(F)(F)F. The Bertz CT molecular complexity index is 1170. The molecule has 1 fully saturated rings. The number of aryl methyl sites for hydroxylation is 1. The molecular weight excluding hydrogens is 409 g/mol. The maximum Gasteiger partial charge on any atom is 0.406 e. The van der Waals surface area contributed by atoms with Crippen LogP contribution >= 0.6 is 0 Å². The molecule has 2 aliphatic rings. The number of nitrogens with zero attached hydrogens (tertiary/aromatic N) is 6. The van der Waals surface area contributed by atoms with Gasteiger partial charge in [-0.1, -0.05) is 12.1 Å². The minimum Gasteiger partial charge on any atom is -0.314 e. The summed E-state index contributed by atoms with van der Waals surface area (Å²) < 4.78 is 43.0. The Morgan fingerprint density at radius 3 is 2.74 bits per heavy atom. The lowest BCUT2D eigenvalue weighted by molar-refractivity contribution is -0.142. The molecule has 0 amide bonds. The second-order valence-electron chi connectivity index (χ2n) is 8.26. The molecule has 0 aliphatic carbocycles. The van der Waals surface area contributed by atoms with Gasteiger partial charge in [0.05, 0.1) is 23.5 Å². The summed E-state index contributed by atoms with van der Waals surface area (Å²) >= 11 is 0. The van der Waals surface area contributed by atoms with Gasteiger partial charge in [0, 0.05) is 13.0 Å². The van der Waals surface area contributed by atoms with Gasteiger partial charge in [-0.15, -0.1) is 10.2 Å². The van der Waals surface area contributed by atoms with Crippen molar-refractivity contribution >= 4 is 10.9 Å². The van der Waals surface area contributed by atoms with Crippen molar-refractivity contribution in [1.29, 1.82) is 0 Å². The fourth-order valence-corrected chi connectivity index (χ4v) is 4.75. The zero-order valence-corrected chi connectivity index (χ0v) is 17.0. The molecule has 1 unspecified atom stereocenters. The van der Waals surface area contributed by atoms with E-state index in [1.54, 1.807) is 18.2 Å². The number of rotatable bonds is 4. The van der Waals surface area contributed by atoms with Crippen LogP contribution in [-0.2, 0) is 26.1 Å². The van der Waals surface area contributed by atoms with Crippen molar-refractivity contribution in [3.63, 3.8) is 0 Å². The van der Waals surface area contributed by atoms with Gasteiger partial charge in [0.15, 0.2) is 0 Å². The maximum absolute atomic E-state index is 13.4. The van der Waals surface area contributed by atoms with Gasteiger partial charge in [0.1, 0.15) is 24.0 Å². The summed E-state index contributed by atoms with van der Waals surface area (Å²) in [4.78, 5) is 19.6. The van der Waals surface area contributed by atoms with Crippen LogP contribution in [-0.4, -0.2) is 41.9 Å². The lowest BCUT2D eigenvalue weighted by Crippen LogP contribution is -2.36. The third-order valence-corrected chi connectivity index (χ3v) is 6.17. The second-order valence-corrected chi connectivity index (χ2v) is 8.26. The van der Waals surface area contributed by atoms with E-state index in [1.807, 2.05) is 0 Å². The highest BCUT2D eigenvalue weighted by Crippen LogP contribution is 2.33. The van der Waals surface area contributed by atoms with Crippen LogP contribution in [0.5, 0.6) is 0 Å². The number of alkyl halides is 3. The maximum atomic E-state index is 13.4. The van der Waals surface area contributed by atoms with Gasteiger partial charge in [0.25, 0.3) is 5.56 Å². The summed E-state index contributed by atoms with van der Waals surface area (Å²) in [6.45, 7) is 0.709. The van der Waals surface area contributed by atoms with Crippen LogP contribution in [0.15, 0.2) is 29.1 Å². The highest BCUT2D eigenvalue weighted by atomic mass is 19.4. The largest absolute Gasteiger partial charge is 0.406 e. The summed E-state index contributed by atoms with van der Waals surface area (Å²) in [6, 6.07) is 6.19. The Kier molecular flexibility index (Phi) is 5.04. The second kappa shape index (κ2) is 7.74. The van der Waals surface area contributed by atoms with Crippen molar-refractivity contribution in [2.24, 2.45) is 0 Å². The number of hydrogen-bond donors (Lipinski definition) is 0. The molecule has 2 aromatic heterocycles. The molecule has 1 saturated heterocycles. The number of fused-ring (bicyclic) bond motifs is 2. The molecule has 0 spiro atoms. The first-order chi connectivity index (χ1) is 14.9. The van der Waals surface area contributed by atoms with E-state index < -0.39 is 18.3 Å². The van der Waals surface area contributed by atoms with Crippen LogP contribution in [0.25, 0.3) is 10.9 Å². The first-order valence-corrected chi connectivity index (χ1v) is 10.6. The van der Waals surface area contributed by atoms with Crippen molar-refractivity contribution in [3.8, 4) is 0 Å². The number of aromatic nitrogens is 5. The van der Waals surface area contributed by atoms with Gasteiger partial charge in [-0.05, 0) is 44.4 Å². The molecule has 1 atom stereocenters. The van der Waals surface area contributed by atoms with Crippen molar-refractivity contribution in [1.82, 2.24) is 29.2 Å². The van der Waals surface area contributed by atoms with Crippen molar-refractivity contribution < 1.29 is 13.2 Å². The van der Waals surface area contributed by atoms with E-state index >= 15 is 0 Å².